The molecule has 0 amide bonds. The zero-order valence-electron chi connectivity index (χ0n) is 14.4. The minimum atomic E-state index is -1.63. The molecule has 0 bridgehead atoms. The summed E-state index contributed by atoms with van der Waals surface area (Å²) in [7, 11) is -1.63. The van der Waals surface area contributed by atoms with E-state index in [4.69, 9.17) is 4.43 Å². The maximum Gasteiger partial charge on any atom is 0.191 e. The molecule has 0 aliphatic carbocycles. The summed E-state index contributed by atoms with van der Waals surface area (Å²) < 4.78 is 6.24. The number of rotatable bonds is 6. The molecule has 1 aromatic carbocycles. The van der Waals surface area contributed by atoms with Gasteiger partial charge in [-0.05, 0) is 36.5 Å². The number of hydrogen-bond donors (Lipinski definition) is 1. The topological polar surface area (TPSA) is 37.9 Å². The van der Waals surface area contributed by atoms with Crippen LogP contribution in [-0.2, 0) is 10.8 Å². The normalized spacial score (nSPS) is 12.6. The highest BCUT2D eigenvalue weighted by atomic mass is 28.4. The first-order valence-electron chi connectivity index (χ1n) is 8.03. The van der Waals surface area contributed by atoms with E-state index in [1.54, 1.807) is 0 Å². The van der Waals surface area contributed by atoms with E-state index in [0.717, 1.165) is 19.4 Å². The molecule has 1 aromatic heterocycles. The molecule has 0 fully saturated rings. The van der Waals surface area contributed by atoms with Crippen LogP contribution in [0.15, 0.2) is 36.5 Å². The molecule has 1 heterocycles. The lowest BCUT2D eigenvalue weighted by molar-refractivity contribution is 0.282. The number of hydrogen-bond acceptors (Lipinski definition) is 2. The number of benzene rings is 1. The predicted molar refractivity (Wildman–Crippen MR) is 95.5 cm³/mol. The Morgan fingerprint density at radius 1 is 1.14 bits per heavy atom. The highest BCUT2D eigenvalue weighted by Gasteiger charge is 2.36. The summed E-state index contributed by atoms with van der Waals surface area (Å²) in [5.74, 6) is 0. The van der Waals surface area contributed by atoms with E-state index in [9.17, 15) is 0 Å². The van der Waals surface area contributed by atoms with Crippen LogP contribution in [0.3, 0.4) is 0 Å². The van der Waals surface area contributed by atoms with E-state index in [1.807, 2.05) is 12.3 Å². The molecule has 3 nitrogen and oxygen atoms in total. The van der Waals surface area contributed by atoms with Crippen molar-refractivity contribution in [3.05, 3.63) is 42.2 Å². The first kappa shape index (κ1) is 17.0. The Balaban J connectivity index is 1.91. The minimum absolute atomic E-state index is 0.274. The Morgan fingerprint density at radius 3 is 2.45 bits per heavy atom. The summed E-state index contributed by atoms with van der Waals surface area (Å²) in [6.07, 6.45) is 3.91. The summed E-state index contributed by atoms with van der Waals surface area (Å²) >= 11 is 0. The van der Waals surface area contributed by atoms with Gasteiger partial charge in [-0.2, -0.15) is 5.10 Å². The van der Waals surface area contributed by atoms with Crippen molar-refractivity contribution in [2.45, 2.75) is 51.7 Å². The number of aryl methyl sites for hydroxylation is 1. The van der Waals surface area contributed by atoms with Crippen LogP contribution in [0.25, 0.3) is 11.1 Å². The lowest BCUT2D eigenvalue weighted by Gasteiger charge is -2.36. The van der Waals surface area contributed by atoms with Gasteiger partial charge in [-0.3, -0.25) is 5.10 Å². The van der Waals surface area contributed by atoms with Crippen LogP contribution in [0, 0.1) is 0 Å². The number of aromatic nitrogens is 2. The van der Waals surface area contributed by atoms with Crippen molar-refractivity contribution < 1.29 is 4.43 Å². The van der Waals surface area contributed by atoms with E-state index in [1.165, 1.54) is 16.8 Å². The molecule has 0 aliphatic heterocycles. The fraction of sp³-hybridized carbons (Fsp3) is 0.500. The predicted octanol–water partition coefficient (Wildman–Crippen LogP) is 5.03. The van der Waals surface area contributed by atoms with E-state index >= 15 is 0 Å². The summed E-state index contributed by atoms with van der Waals surface area (Å²) in [6.45, 7) is 12.3. The fourth-order valence-corrected chi connectivity index (χ4v) is 3.25. The van der Waals surface area contributed by atoms with Crippen molar-refractivity contribution in [3.8, 4) is 11.1 Å². The van der Waals surface area contributed by atoms with Crippen molar-refractivity contribution in [1.29, 1.82) is 0 Å². The molecule has 0 aliphatic rings. The van der Waals surface area contributed by atoms with Crippen LogP contribution in [0.1, 0.15) is 32.9 Å². The van der Waals surface area contributed by atoms with Crippen molar-refractivity contribution in [1.82, 2.24) is 10.2 Å². The molecule has 0 unspecified atom stereocenters. The second-order valence-corrected chi connectivity index (χ2v) is 12.1. The van der Waals surface area contributed by atoms with E-state index < -0.39 is 8.32 Å². The Morgan fingerprint density at radius 2 is 1.82 bits per heavy atom. The number of aromatic amines is 1. The van der Waals surface area contributed by atoms with Crippen LogP contribution in [0.4, 0.5) is 0 Å². The number of nitrogens with one attached hydrogen (secondary N) is 1. The van der Waals surface area contributed by atoms with Crippen molar-refractivity contribution in [2.75, 3.05) is 6.61 Å². The molecule has 2 aromatic rings. The summed E-state index contributed by atoms with van der Waals surface area (Å²) in [6, 6.07) is 10.4. The van der Waals surface area contributed by atoms with Crippen molar-refractivity contribution in [3.63, 3.8) is 0 Å². The van der Waals surface area contributed by atoms with Gasteiger partial charge in [0.05, 0.1) is 6.20 Å². The van der Waals surface area contributed by atoms with Crippen LogP contribution < -0.4 is 0 Å². The second kappa shape index (κ2) is 6.80. The summed E-state index contributed by atoms with van der Waals surface area (Å²) in [5, 5.41) is 7.62. The molecule has 0 saturated carbocycles. The van der Waals surface area contributed by atoms with E-state index in [2.05, 4.69) is 68.3 Å². The van der Waals surface area contributed by atoms with Gasteiger partial charge in [0, 0.05) is 17.9 Å². The van der Waals surface area contributed by atoms with Crippen LogP contribution in [0.5, 0.6) is 0 Å². The van der Waals surface area contributed by atoms with Gasteiger partial charge < -0.3 is 4.43 Å². The first-order valence-corrected chi connectivity index (χ1v) is 10.9. The molecule has 1 N–H and O–H groups in total. The molecule has 22 heavy (non-hydrogen) atoms. The highest BCUT2D eigenvalue weighted by Crippen LogP contribution is 2.36. The van der Waals surface area contributed by atoms with Crippen LogP contribution >= 0.6 is 0 Å². The first-order chi connectivity index (χ1) is 10.3. The molecule has 0 radical (unpaired) electrons. The Kier molecular flexibility index (Phi) is 5.24. The second-order valence-electron chi connectivity index (χ2n) is 7.34. The summed E-state index contributed by atoms with van der Waals surface area (Å²) in [4.78, 5) is 0. The van der Waals surface area contributed by atoms with Gasteiger partial charge in [-0.1, -0.05) is 51.1 Å². The van der Waals surface area contributed by atoms with Gasteiger partial charge >= 0.3 is 0 Å². The molecule has 0 atom stereocenters. The molecule has 2 rings (SSSR count). The van der Waals surface area contributed by atoms with E-state index in [0.29, 0.717) is 0 Å². The zero-order chi connectivity index (χ0) is 16.2. The summed E-state index contributed by atoms with van der Waals surface area (Å²) in [5.41, 5.74) is 3.62. The average Bonchev–Trinajstić information content (AvgIpc) is 2.92. The molecular formula is C18H28N2OSi. The molecule has 0 saturated heterocycles. The number of H-pyrrole nitrogens is 1. The molecular weight excluding hydrogens is 288 g/mol. The maximum absolute atomic E-state index is 6.24. The van der Waals surface area contributed by atoms with Crippen LogP contribution in [0.2, 0.25) is 18.1 Å². The minimum Gasteiger partial charge on any atom is -0.417 e. The lowest BCUT2D eigenvalue weighted by Crippen LogP contribution is -2.41. The van der Waals surface area contributed by atoms with Crippen molar-refractivity contribution in [2.24, 2.45) is 0 Å². The standard InChI is InChI=1S/C18H28N2OSi/c1-18(2,3)22(4,5)21-13-9-12-17-16(14-19-20-17)15-10-7-6-8-11-15/h6-8,10-11,14H,9,12-13H2,1-5H3,(H,19,20). The third-order valence-electron chi connectivity index (χ3n) is 4.64. The molecule has 4 heteroatoms. The number of nitrogens with zero attached hydrogens (tertiary/aromatic N) is 1. The van der Waals surface area contributed by atoms with Gasteiger partial charge in [-0.25, -0.2) is 0 Å². The molecule has 120 valence electrons. The zero-order valence-corrected chi connectivity index (χ0v) is 15.4. The monoisotopic (exact) mass is 316 g/mol. The van der Waals surface area contributed by atoms with Gasteiger partial charge in [0.15, 0.2) is 8.32 Å². The third kappa shape index (κ3) is 4.08. The third-order valence-corrected chi connectivity index (χ3v) is 9.18. The van der Waals surface area contributed by atoms with Gasteiger partial charge in [-0.15, -0.1) is 0 Å². The Bertz CT molecular complexity index is 585. The van der Waals surface area contributed by atoms with Crippen molar-refractivity contribution >= 4 is 8.32 Å². The van der Waals surface area contributed by atoms with Crippen LogP contribution in [-0.4, -0.2) is 25.1 Å². The molecule has 0 spiro atoms. The maximum atomic E-state index is 6.24. The largest absolute Gasteiger partial charge is 0.417 e. The Labute approximate surface area is 135 Å². The highest BCUT2D eigenvalue weighted by molar-refractivity contribution is 6.74. The quantitative estimate of drug-likeness (QED) is 0.599. The SMILES string of the molecule is CC(C)(C)[Si](C)(C)OCCCc1[nH]ncc1-c1ccccc1. The average molecular weight is 317 g/mol. The smallest absolute Gasteiger partial charge is 0.191 e. The lowest BCUT2D eigenvalue weighted by atomic mass is 10.0. The van der Waals surface area contributed by atoms with E-state index in [-0.39, 0.29) is 5.04 Å². The Hall–Kier alpha value is -1.39. The van der Waals surface area contributed by atoms with Gasteiger partial charge in [0.2, 0.25) is 0 Å². The van der Waals surface area contributed by atoms with Gasteiger partial charge in [0.1, 0.15) is 0 Å². The fourth-order valence-electron chi connectivity index (χ4n) is 2.16. The van der Waals surface area contributed by atoms with Gasteiger partial charge in [0.25, 0.3) is 0 Å².